The van der Waals surface area contributed by atoms with Crippen LogP contribution in [0.15, 0.2) is 17.0 Å². The lowest BCUT2D eigenvalue weighted by Crippen LogP contribution is -2.55. The van der Waals surface area contributed by atoms with Crippen LogP contribution in [-0.4, -0.2) is 39.5 Å². The van der Waals surface area contributed by atoms with E-state index in [1.807, 2.05) is 0 Å². The quantitative estimate of drug-likeness (QED) is 0.438. The minimum Gasteiger partial charge on any atom is -0.497 e. The summed E-state index contributed by atoms with van der Waals surface area (Å²) in [6.07, 6.45) is 2.38. The van der Waals surface area contributed by atoms with Crippen LogP contribution in [0.2, 0.25) is 0 Å². The molecule has 146 valence electrons. The van der Waals surface area contributed by atoms with Crippen LogP contribution in [0.4, 0.5) is 0 Å². The monoisotopic (exact) mass is 385 g/mol. The molecule has 0 radical (unpaired) electrons. The van der Waals surface area contributed by atoms with Crippen molar-refractivity contribution in [1.82, 2.24) is 5.32 Å². The van der Waals surface area contributed by atoms with Gasteiger partial charge in [-0.15, -0.1) is 0 Å². The van der Waals surface area contributed by atoms with Gasteiger partial charge in [0, 0.05) is 13.3 Å². The van der Waals surface area contributed by atoms with Crippen molar-refractivity contribution in [1.29, 1.82) is 0 Å². The van der Waals surface area contributed by atoms with Crippen LogP contribution in [-0.2, 0) is 24.4 Å². The Morgan fingerprint density at radius 1 is 1.23 bits per heavy atom. The molecule has 0 bridgehead atoms. The highest BCUT2D eigenvalue weighted by Crippen LogP contribution is 2.38. The highest BCUT2D eigenvalue weighted by Gasteiger charge is 2.46. The summed E-state index contributed by atoms with van der Waals surface area (Å²) in [6, 6.07) is 3.46. The Balaban J connectivity index is 2.39. The Labute approximate surface area is 154 Å². The van der Waals surface area contributed by atoms with Gasteiger partial charge in [-0.1, -0.05) is 0 Å². The number of methoxy groups -OCH3 is 1. The third-order valence-electron chi connectivity index (χ3n) is 4.67. The molecule has 1 fully saturated rings. The van der Waals surface area contributed by atoms with Crippen molar-refractivity contribution < 1.29 is 27.7 Å². The predicted molar refractivity (Wildman–Crippen MR) is 96.6 cm³/mol. The Kier molecular flexibility index (Phi) is 6.65. The fourth-order valence-electron chi connectivity index (χ4n) is 3.50. The average Bonchev–Trinajstić information content (AvgIpc) is 2.58. The van der Waals surface area contributed by atoms with Gasteiger partial charge in [0.05, 0.1) is 18.6 Å². The second-order valence-electron chi connectivity index (χ2n) is 6.62. The first-order chi connectivity index (χ1) is 12.2. The number of ether oxygens (including phenoxy) is 1. The number of rotatable bonds is 7. The van der Waals surface area contributed by atoms with Crippen molar-refractivity contribution in [3.8, 4) is 5.75 Å². The summed E-state index contributed by atoms with van der Waals surface area (Å²) < 4.78 is 32.5. The second-order valence-corrected chi connectivity index (χ2v) is 8.82. The summed E-state index contributed by atoms with van der Waals surface area (Å²) in [5.74, 6) is 0.0585. The highest BCUT2D eigenvalue weighted by atomic mass is 32.2. The first-order valence-corrected chi connectivity index (χ1v) is 10.2. The zero-order chi connectivity index (χ0) is 19.4. The molecule has 2 rings (SSSR count). The van der Waals surface area contributed by atoms with Crippen molar-refractivity contribution in [2.24, 2.45) is 0 Å². The topological polar surface area (TPSA) is 90.9 Å². The zero-order valence-corrected chi connectivity index (χ0v) is 16.6. The molecule has 1 aromatic rings. The molecular formula is C18H27NO6S. The molecule has 1 aromatic carbocycles. The zero-order valence-electron chi connectivity index (χ0n) is 15.8. The molecule has 7 nitrogen and oxygen atoms in total. The van der Waals surface area contributed by atoms with Crippen LogP contribution in [0, 0.1) is 13.8 Å². The van der Waals surface area contributed by atoms with E-state index in [1.165, 1.54) is 6.92 Å². The standard InChI is InChI=1S/C18H27NO6S/c1-13-11-16(23-4)12-14(2)17(13)26(21,22)18(7-5-6-9-19-18)8-10-24-25-15(3)20/h11-12,19H,5-10H2,1-4H3/t18-/m0/s1. The number of hydrogen-bond acceptors (Lipinski definition) is 7. The van der Waals surface area contributed by atoms with Crippen molar-refractivity contribution in [3.63, 3.8) is 0 Å². The maximum atomic E-state index is 13.6. The SMILES string of the molecule is COc1cc(C)c(S(=O)(=O)[C@]2(CCOOC(C)=O)CCCCN2)c(C)c1. The first kappa shape index (κ1) is 20.7. The van der Waals surface area contributed by atoms with Crippen LogP contribution < -0.4 is 10.1 Å². The van der Waals surface area contributed by atoms with Crippen LogP contribution in [0.3, 0.4) is 0 Å². The molecule has 0 aliphatic carbocycles. The Morgan fingerprint density at radius 3 is 2.38 bits per heavy atom. The van der Waals surface area contributed by atoms with Gasteiger partial charge in [0.25, 0.3) is 0 Å². The number of piperidine rings is 1. The molecule has 1 aliphatic heterocycles. The number of hydrogen-bond donors (Lipinski definition) is 1. The largest absolute Gasteiger partial charge is 0.497 e. The summed E-state index contributed by atoms with van der Waals surface area (Å²) in [5.41, 5.74) is 1.30. The van der Waals surface area contributed by atoms with Crippen molar-refractivity contribution in [2.45, 2.75) is 56.2 Å². The molecule has 0 aromatic heterocycles. The van der Waals surface area contributed by atoms with Crippen LogP contribution >= 0.6 is 0 Å². The number of benzene rings is 1. The number of carbonyl (C=O) groups excluding carboxylic acids is 1. The number of sulfone groups is 1. The summed E-state index contributed by atoms with van der Waals surface area (Å²) in [7, 11) is -2.14. The lowest BCUT2D eigenvalue weighted by molar-refractivity contribution is -0.271. The van der Waals surface area contributed by atoms with E-state index in [4.69, 9.17) is 9.62 Å². The molecule has 0 amide bonds. The third kappa shape index (κ3) is 4.19. The molecule has 0 spiro atoms. The average molecular weight is 385 g/mol. The summed E-state index contributed by atoms with van der Waals surface area (Å²) in [5, 5.41) is 3.20. The highest BCUT2D eigenvalue weighted by molar-refractivity contribution is 7.93. The number of carbonyl (C=O) groups is 1. The van der Waals surface area contributed by atoms with E-state index in [9.17, 15) is 13.2 Å². The fourth-order valence-corrected chi connectivity index (χ4v) is 5.91. The third-order valence-corrected chi connectivity index (χ3v) is 7.44. The predicted octanol–water partition coefficient (Wildman–Crippen LogP) is 2.44. The fraction of sp³-hybridized carbons (Fsp3) is 0.611. The van der Waals surface area contributed by atoms with E-state index in [0.29, 0.717) is 34.7 Å². The summed E-state index contributed by atoms with van der Waals surface area (Å²) in [6.45, 7) is 5.39. The second kappa shape index (κ2) is 8.37. The Morgan fingerprint density at radius 2 is 1.88 bits per heavy atom. The molecule has 8 heteroatoms. The van der Waals surface area contributed by atoms with Gasteiger partial charge in [0.2, 0.25) is 0 Å². The van der Waals surface area contributed by atoms with Gasteiger partial charge in [-0.2, -0.15) is 4.89 Å². The van der Waals surface area contributed by atoms with E-state index in [-0.39, 0.29) is 13.0 Å². The number of nitrogens with one attached hydrogen (secondary N) is 1. The molecule has 1 heterocycles. The Hall–Kier alpha value is -1.64. The Bertz CT molecular complexity index is 730. The normalized spacial score (nSPS) is 20.6. The van der Waals surface area contributed by atoms with Crippen molar-refractivity contribution in [3.05, 3.63) is 23.3 Å². The molecule has 0 saturated carbocycles. The minimum absolute atomic E-state index is 0.0000594. The smallest absolute Gasteiger partial charge is 0.339 e. The van der Waals surface area contributed by atoms with E-state index < -0.39 is 20.7 Å². The van der Waals surface area contributed by atoms with Gasteiger partial charge < -0.3 is 4.74 Å². The van der Waals surface area contributed by atoms with Gasteiger partial charge in [0.15, 0.2) is 9.84 Å². The van der Waals surface area contributed by atoms with Gasteiger partial charge >= 0.3 is 5.97 Å². The summed E-state index contributed by atoms with van der Waals surface area (Å²) >= 11 is 0. The minimum atomic E-state index is -3.70. The van der Waals surface area contributed by atoms with E-state index in [2.05, 4.69) is 10.2 Å². The lowest BCUT2D eigenvalue weighted by Gasteiger charge is -2.38. The number of aryl methyl sites for hydroxylation is 2. The molecule has 1 aliphatic rings. The first-order valence-electron chi connectivity index (χ1n) is 8.68. The van der Waals surface area contributed by atoms with Crippen LogP contribution in [0.25, 0.3) is 0 Å². The molecule has 1 N–H and O–H groups in total. The molecule has 1 atom stereocenters. The van der Waals surface area contributed by atoms with Gasteiger partial charge in [-0.3, -0.25) is 10.2 Å². The van der Waals surface area contributed by atoms with E-state index >= 15 is 0 Å². The molecule has 26 heavy (non-hydrogen) atoms. The lowest BCUT2D eigenvalue weighted by atomic mass is 10.0. The molecular weight excluding hydrogens is 358 g/mol. The molecule has 1 saturated heterocycles. The maximum absolute atomic E-state index is 13.6. The van der Waals surface area contributed by atoms with Gasteiger partial charge in [-0.25, -0.2) is 13.2 Å². The van der Waals surface area contributed by atoms with Crippen molar-refractivity contribution >= 4 is 15.8 Å². The van der Waals surface area contributed by atoms with Crippen molar-refractivity contribution in [2.75, 3.05) is 20.3 Å². The molecule has 0 unspecified atom stereocenters. The summed E-state index contributed by atoms with van der Waals surface area (Å²) in [4.78, 5) is 19.4. The van der Waals surface area contributed by atoms with Crippen LogP contribution in [0.5, 0.6) is 5.75 Å². The van der Waals surface area contributed by atoms with Crippen LogP contribution in [0.1, 0.15) is 43.7 Å². The maximum Gasteiger partial charge on any atom is 0.339 e. The van der Waals surface area contributed by atoms with E-state index in [1.54, 1.807) is 33.1 Å². The van der Waals surface area contributed by atoms with Gasteiger partial charge in [-0.05, 0) is 62.9 Å². The van der Waals surface area contributed by atoms with E-state index in [0.717, 1.165) is 12.8 Å². The van der Waals surface area contributed by atoms with Gasteiger partial charge in [0.1, 0.15) is 10.6 Å².